The van der Waals surface area contributed by atoms with Crippen LogP contribution in [0.2, 0.25) is 0 Å². The monoisotopic (exact) mass is 576 g/mol. The van der Waals surface area contributed by atoms with Crippen molar-refractivity contribution in [3.05, 3.63) is 47.0 Å². The number of rotatable bonds is 14. The molecule has 0 saturated carbocycles. The van der Waals surface area contributed by atoms with Gasteiger partial charge in [0, 0.05) is 45.5 Å². The van der Waals surface area contributed by atoms with Gasteiger partial charge in [-0.25, -0.2) is 0 Å². The number of nitrogens with zero attached hydrogens (tertiary/aromatic N) is 2. The first-order chi connectivity index (χ1) is 15.6. The van der Waals surface area contributed by atoms with Crippen LogP contribution in [-0.4, -0.2) is 64.8 Å². The van der Waals surface area contributed by atoms with Crippen LogP contribution in [0, 0.1) is 13.8 Å². The summed E-state index contributed by atoms with van der Waals surface area (Å²) >= 11 is 20.3. The maximum Gasteiger partial charge on any atom is 0.0856 e. The summed E-state index contributed by atoms with van der Waals surface area (Å²) in [5, 5.41) is 9.07. The minimum atomic E-state index is -0.0109. The van der Waals surface area contributed by atoms with E-state index in [0.29, 0.717) is 37.5 Å². The molecule has 2 aromatic heterocycles. The first-order valence-corrected chi connectivity index (χ1v) is 13.7. The fraction of sp³-hybridized carbons (Fsp3) is 0.545. The van der Waals surface area contributed by atoms with Gasteiger partial charge in [0.15, 0.2) is 0 Å². The van der Waals surface area contributed by atoms with Crippen LogP contribution in [0.4, 0.5) is 0 Å². The molecule has 11 heteroatoms. The number of aromatic nitrogens is 2. The van der Waals surface area contributed by atoms with Gasteiger partial charge < -0.3 is 14.6 Å². The van der Waals surface area contributed by atoms with Crippen LogP contribution in [0.1, 0.15) is 22.5 Å². The average molecular weight is 578 g/mol. The lowest BCUT2D eigenvalue weighted by Gasteiger charge is -2.08. The molecule has 0 amide bonds. The highest BCUT2D eigenvalue weighted by Crippen LogP contribution is 2.24. The zero-order chi connectivity index (χ0) is 23.6. The Morgan fingerprint density at radius 1 is 0.788 bits per heavy atom. The number of hydrogen-bond acceptors (Lipinski definition) is 7. The number of pyridine rings is 2. The quantitative estimate of drug-likeness (QED) is 0.165. The molecule has 0 fully saturated rings. The molecule has 0 saturated heterocycles. The predicted octanol–water partition coefficient (Wildman–Crippen LogP) is 6.13. The third-order valence-electron chi connectivity index (χ3n) is 4.21. The minimum absolute atomic E-state index is 0. The number of ether oxygens (including phenoxy) is 2. The van der Waals surface area contributed by atoms with Crippen molar-refractivity contribution < 1.29 is 14.6 Å². The van der Waals surface area contributed by atoms with Crippen LogP contribution in [0.5, 0.6) is 0 Å². The second-order valence-corrected chi connectivity index (χ2v) is 9.65. The Kier molecular flexibility index (Phi) is 21.4. The van der Waals surface area contributed by atoms with E-state index < -0.39 is 0 Å². The summed E-state index contributed by atoms with van der Waals surface area (Å²) < 4.78 is 10.6. The highest BCUT2D eigenvalue weighted by atomic mass is 35.5. The Labute approximate surface area is 227 Å². The van der Waals surface area contributed by atoms with E-state index in [1.807, 2.05) is 26.0 Å². The molecule has 5 nitrogen and oxygen atoms in total. The van der Waals surface area contributed by atoms with Gasteiger partial charge in [-0.3, -0.25) is 9.97 Å². The van der Waals surface area contributed by atoms with Crippen molar-refractivity contribution >= 4 is 70.7 Å². The molecule has 2 rings (SSSR count). The normalized spacial score (nSPS) is 10.4. The van der Waals surface area contributed by atoms with Crippen molar-refractivity contribution in [2.75, 3.05) is 49.7 Å². The minimum Gasteiger partial charge on any atom is -0.390 e. The first kappa shape index (κ1) is 33.0. The lowest BCUT2D eigenvalue weighted by Crippen LogP contribution is -2.01. The van der Waals surface area contributed by atoms with Gasteiger partial charge in [-0.05, 0) is 37.1 Å². The number of hydrogen-bond donors (Lipinski definition) is 1. The average Bonchev–Trinajstić information content (AvgIpc) is 2.81. The molecule has 0 bridgehead atoms. The zero-order valence-electron chi connectivity index (χ0n) is 18.9. The van der Waals surface area contributed by atoms with E-state index in [1.165, 1.54) is 10.5 Å². The van der Waals surface area contributed by atoms with Crippen LogP contribution < -0.4 is 0 Å². The third kappa shape index (κ3) is 13.6. The summed E-state index contributed by atoms with van der Waals surface area (Å²) in [5.74, 6) is 3.35. The maximum absolute atomic E-state index is 9.07. The van der Waals surface area contributed by atoms with E-state index in [0.717, 1.165) is 40.0 Å². The van der Waals surface area contributed by atoms with Crippen molar-refractivity contribution in [2.24, 2.45) is 0 Å². The highest BCUT2D eigenvalue weighted by Gasteiger charge is 2.05. The molecule has 0 spiro atoms. The summed E-state index contributed by atoms with van der Waals surface area (Å²) in [7, 11) is 0. The molecule has 0 unspecified atom stereocenters. The summed E-state index contributed by atoms with van der Waals surface area (Å²) in [6.45, 7) is 6.63. The van der Waals surface area contributed by atoms with Crippen molar-refractivity contribution in [1.82, 2.24) is 9.97 Å². The van der Waals surface area contributed by atoms with Crippen LogP contribution in [0.25, 0.3) is 0 Å². The fourth-order valence-electron chi connectivity index (χ4n) is 2.46. The van der Waals surface area contributed by atoms with Gasteiger partial charge in [-0.1, -0.05) is 0 Å². The number of alkyl halides is 3. The third-order valence-corrected chi connectivity index (χ3v) is 7.02. The predicted molar refractivity (Wildman–Crippen MR) is 145 cm³/mol. The SMILES string of the molecule is Cc1c(SCCOCCCl)ccnc1CCl.Cc1c(SCCOCCCl)ccnc1CO.Cl. The second kappa shape index (κ2) is 21.3. The molecular formula is C22H32Cl4N2O3S2. The summed E-state index contributed by atoms with van der Waals surface area (Å²) in [6.07, 6.45) is 3.52. The standard InChI is InChI=1S/C11H15Cl2NOS.C11H16ClNO2S.ClH/c1-9-10(8-13)14-4-2-11(9)16-7-6-15-5-3-12;1-9-10(8-14)13-4-2-11(9)16-7-6-15-5-3-12;/h2,4H,3,5-8H2,1H3;2,4,14H,3,5-8H2,1H3;1H. The van der Waals surface area contributed by atoms with E-state index in [2.05, 4.69) is 9.97 Å². The van der Waals surface area contributed by atoms with E-state index in [9.17, 15) is 0 Å². The molecule has 2 heterocycles. The Morgan fingerprint density at radius 2 is 1.24 bits per heavy atom. The molecule has 0 atom stereocenters. The number of halogens is 4. The van der Waals surface area contributed by atoms with Crippen molar-refractivity contribution in [3.63, 3.8) is 0 Å². The van der Waals surface area contributed by atoms with Crippen LogP contribution >= 0.6 is 70.7 Å². The van der Waals surface area contributed by atoms with Crippen molar-refractivity contribution in [1.29, 1.82) is 0 Å². The molecule has 0 aliphatic carbocycles. The van der Waals surface area contributed by atoms with Gasteiger partial charge in [0.1, 0.15) is 0 Å². The van der Waals surface area contributed by atoms with Gasteiger partial charge in [0.2, 0.25) is 0 Å². The van der Waals surface area contributed by atoms with Crippen LogP contribution in [-0.2, 0) is 22.0 Å². The topological polar surface area (TPSA) is 64.5 Å². The first-order valence-electron chi connectivity index (χ1n) is 10.2. The summed E-state index contributed by atoms with van der Waals surface area (Å²) in [4.78, 5) is 10.7. The molecule has 1 N–H and O–H groups in total. The fourth-order valence-corrected chi connectivity index (χ4v) is 4.77. The molecule has 0 aliphatic heterocycles. The molecular weight excluding hydrogens is 546 g/mol. The van der Waals surface area contributed by atoms with Gasteiger partial charge in [0.05, 0.1) is 50.3 Å². The smallest absolute Gasteiger partial charge is 0.0856 e. The Hall–Kier alpha value is 0.0400. The van der Waals surface area contributed by atoms with E-state index in [4.69, 9.17) is 49.4 Å². The van der Waals surface area contributed by atoms with Gasteiger partial charge in [0.25, 0.3) is 0 Å². The lowest BCUT2D eigenvalue weighted by atomic mass is 10.2. The zero-order valence-corrected chi connectivity index (χ0v) is 23.6. The van der Waals surface area contributed by atoms with Gasteiger partial charge in [-0.15, -0.1) is 70.7 Å². The second-order valence-electron chi connectivity index (χ2n) is 6.35. The molecule has 0 aromatic carbocycles. The molecule has 0 aliphatic rings. The Balaban J connectivity index is 0.000000602. The lowest BCUT2D eigenvalue weighted by molar-refractivity contribution is 0.166. The Bertz CT molecular complexity index is 713. The van der Waals surface area contributed by atoms with Crippen molar-refractivity contribution in [3.8, 4) is 0 Å². The molecule has 33 heavy (non-hydrogen) atoms. The van der Waals surface area contributed by atoms with E-state index in [1.54, 1.807) is 35.9 Å². The highest BCUT2D eigenvalue weighted by molar-refractivity contribution is 7.99. The summed E-state index contributed by atoms with van der Waals surface area (Å²) in [5.41, 5.74) is 3.91. The number of aliphatic hydroxyl groups is 1. The Morgan fingerprint density at radius 3 is 1.67 bits per heavy atom. The summed E-state index contributed by atoms with van der Waals surface area (Å²) in [6, 6.07) is 3.97. The number of thioether (sulfide) groups is 2. The molecule has 0 radical (unpaired) electrons. The largest absolute Gasteiger partial charge is 0.390 e. The van der Waals surface area contributed by atoms with Crippen molar-refractivity contribution in [2.45, 2.75) is 36.1 Å². The van der Waals surface area contributed by atoms with E-state index >= 15 is 0 Å². The molecule has 2 aromatic rings. The van der Waals surface area contributed by atoms with E-state index in [-0.39, 0.29) is 19.0 Å². The maximum atomic E-state index is 9.07. The van der Waals surface area contributed by atoms with Crippen LogP contribution in [0.15, 0.2) is 34.3 Å². The number of aliphatic hydroxyl groups excluding tert-OH is 1. The van der Waals surface area contributed by atoms with Crippen LogP contribution in [0.3, 0.4) is 0 Å². The van der Waals surface area contributed by atoms with Gasteiger partial charge in [-0.2, -0.15) is 0 Å². The van der Waals surface area contributed by atoms with Gasteiger partial charge >= 0.3 is 0 Å². The molecule has 188 valence electrons.